The van der Waals surface area contributed by atoms with Crippen LogP contribution in [0.25, 0.3) is 0 Å². The van der Waals surface area contributed by atoms with Gasteiger partial charge in [-0.15, -0.1) is 23.2 Å². The van der Waals surface area contributed by atoms with Crippen LogP contribution in [0.1, 0.15) is 19.3 Å². The van der Waals surface area contributed by atoms with E-state index in [-0.39, 0.29) is 0 Å². The van der Waals surface area contributed by atoms with Crippen molar-refractivity contribution in [2.45, 2.75) is 24.5 Å². The zero-order valence-electron chi connectivity index (χ0n) is 5.16. The summed E-state index contributed by atoms with van der Waals surface area (Å²) in [5, 5.41) is 0.318. The van der Waals surface area contributed by atoms with Crippen LogP contribution in [-0.2, 0) is 0 Å². The lowest BCUT2D eigenvalue weighted by atomic mass is 9.99. The maximum absolute atomic E-state index is 5.67. The molecule has 0 radical (unpaired) electrons. The highest BCUT2D eigenvalue weighted by molar-refractivity contribution is 6.40. The molecular weight excluding hydrogens is 142 g/mol. The van der Waals surface area contributed by atoms with Gasteiger partial charge in [0.2, 0.25) is 0 Å². The average Bonchev–Trinajstić information content (AvgIpc) is 1.66. The van der Waals surface area contributed by atoms with Crippen LogP contribution in [0.3, 0.4) is 0 Å². The standard InChI is InChI=1S/C5H11BCl2/c6-5(8)3-1-2-4-7/h5H,1-4,6H2. The summed E-state index contributed by atoms with van der Waals surface area (Å²) in [5.41, 5.74) is 0. The fraction of sp³-hybridized carbons (Fsp3) is 1.00. The number of hydrogen-bond acceptors (Lipinski definition) is 0. The topological polar surface area (TPSA) is 0 Å². The lowest BCUT2D eigenvalue weighted by Gasteiger charge is -1.97. The van der Waals surface area contributed by atoms with E-state index in [1.54, 1.807) is 0 Å². The Kier molecular flexibility index (Phi) is 6.24. The average molecular weight is 153 g/mol. The Hall–Kier alpha value is 0.645. The minimum atomic E-state index is 0.318. The molecule has 0 amide bonds. The third-order valence-corrected chi connectivity index (χ3v) is 1.47. The normalized spacial score (nSPS) is 13.8. The number of halogens is 2. The summed E-state index contributed by atoms with van der Waals surface area (Å²) >= 11 is 11.1. The van der Waals surface area contributed by atoms with Crippen molar-refractivity contribution in [3.63, 3.8) is 0 Å². The molecule has 0 aliphatic heterocycles. The van der Waals surface area contributed by atoms with Gasteiger partial charge in [0.05, 0.1) is 0 Å². The van der Waals surface area contributed by atoms with Gasteiger partial charge in [-0.2, -0.15) is 0 Å². The van der Waals surface area contributed by atoms with Crippen LogP contribution < -0.4 is 0 Å². The molecule has 0 N–H and O–H groups in total. The van der Waals surface area contributed by atoms with Crippen molar-refractivity contribution < 1.29 is 0 Å². The van der Waals surface area contributed by atoms with Crippen molar-refractivity contribution >= 4 is 31.0 Å². The van der Waals surface area contributed by atoms with Crippen molar-refractivity contribution in [2.24, 2.45) is 0 Å². The Balaban J connectivity index is 2.72. The molecule has 0 saturated carbocycles. The van der Waals surface area contributed by atoms with Crippen molar-refractivity contribution in [3.8, 4) is 0 Å². The first-order valence-corrected chi connectivity index (χ1v) is 3.94. The quantitative estimate of drug-likeness (QED) is 0.326. The third-order valence-electron chi connectivity index (χ3n) is 0.986. The highest BCUT2D eigenvalue weighted by Gasteiger charge is 1.93. The van der Waals surface area contributed by atoms with Gasteiger partial charge in [0.15, 0.2) is 0 Å². The maximum atomic E-state index is 5.67. The van der Waals surface area contributed by atoms with E-state index in [1.807, 2.05) is 7.85 Å². The van der Waals surface area contributed by atoms with Crippen molar-refractivity contribution in [3.05, 3.63) is 0 Å². The summed E-state index contributed by atoms with van der Waals surface area (Å²) in [6, 6.07) is 0. The number of rotatable bonds is 4. The Bertz CT molecular complexity index is 47.7. The molecular formula is C5H11BCl2. The molecule has 1 unspecified atom stereocenters. The Morgan fingerprint density at radius 3 is 2.38 bits per heavy atom. The predicted octanol–water partition coefficient (Wildman–Crippen LogP) is 1.59. The van der Waals surface area contributed by atoms with Crippen LogP contribution in [-0.4, -0.2) is 19.0 Å². The molecule has 0 aromatic carbocycles. The van der Waals surface area contributed by atoms with Crippen LogP contribution in [0.15, 0.2) is 0 Å². The summed E-state index contributed by atoms with van der Waals surface area (Å²) in [6.07, 6.45) is 3.35. The molecule has 0 bridgehead atoms. The number of unbranched alkanes of at least 4 members (excludes halogenated alkanes) is 1. The zero-order chi connectivity index (χ0) is 6.41. The minimum Gasteiger partial charge on any atom is -0.133 e. The van der Waals surface area contributed by atoms with Crippen molar-refractivity contribution in [1.29, 1.82) is 0 Å². The van der Waals surface area contributed by atoms with Gasteiger partial charge in [-0.25, -0.2) is 0 Å². The minimum absolute atomic E-state index is 0.318. The Morgan fingerprint density at radius 2 is 2.00 bits per heavy atom. The monoisotopic (exact) mass is 152 g/mol. The summed E-state index contributed by atoms with van der Waals surface area (Å²) in [5.74, 6) is 0.767. The first-order valence-electron chi connectivity index (χ1n) is 2.97. The molecule has 0 aromatic rings. The summed E-state index contributed by atoms with van der Waals surface area (Å²) < 4.78 is 0. The first kappa shape index (κ1) is 8.64. The summed E-state index contributed by atoms with van der Waals surface area (Å²) in [4.78, 5) is 0. The van der Waals surface area contributed by atoms with Crippen LogP contribution in [0.2, 0.25) is 0 Å². The lowest BCUT2D eigenvalue weighted by Crippen LogP contribution is -1.95. The lowest BCUT2D eigenvalue weighted by molar-refractivity contribution is 0.760. The van der Waals surface area contributed by atoms with E-state index in [1.165, 1.54) is 0 Å². The SMILES string of the molecule is BC(Cl)CCCCCl. The first-order chi connectivity index (χ1) is 3.77. The van der Waals surface area contributed by atoms with Gasteiger partial charge in [-0.1, -0.05) is 6.42 Å². The van der Waals surface area contributed by atoms with Crippen LogP contribution in [0.5, 0.6) is 0 Å². The molecule has 0 rings (SSSR count). The highest BCUT2D eigenvalue weighted by Crippen LogP contribution is 2.03. The zero-order valence-corrected chi connectivity index (χ0v) is 6.67. The number of hydrogen-bond donors (Lipinski definition) is 0. The molecule has 3 heteroatoms. The van der Waals surface area contributed by atoms with Gasteiger partial charge < -0.3 is 0 Å². The maximum Gasteiger partial charge on any atom is 0.124 e. The van der Waals surface area contributed by atoms with E-state index < -0.39 is 0 Å². The van der Waals surface area contributed by atoms with Crippen molar-refractivity contribution in [1.82, 2.24) is 0 Å². The second-order valence-electron chi connectivity index (χ2n) is 1.97. The van der Waals surface area contributed by atoms with E-state index in [9.17, 15) is 0 Å². The van der Waals surface area contributed by atoms with E-state index in [0.717, 1.165) is 25.1 Å². The molecule has 48 valence electrons. The third kappa shape index (κ3) is 6.64. The fourth-order valence-corrected chi connectivity index (χ4v) is 0.863. The number of alkyl halides is 2. The summed E-state index contributed by atoms with van der Waals surface area (Å²) in [7, 11) is 2.01. The highest BCUT2D eigenvalue weighted by atomic mass is 35.5. The molecule has 0 aromatic heterocycles. The van der Waals surface area contributed by atoms with Gasteiger partial charge in [0.1, 0.15) is 7.85 Å². The Morgan fingerprint density at radius 1 is 1.38 bits per heavy atom. The van der Waals surface area contributed by atoms with E-state index >= 15 is 0 Å². The second kappa shape index (κ2) is 5.78. The smallest absolute Gasteiger partial charge is 0.124 e. The second-order valence-corrected chi connectivity index (χ2v) is 3.09. The predicted molar refractivity (Wildman–Crippen MR) is 42.8 cm³/mol. The Labute approximate surface area is 62.0 Å². The molecule has 1 atom stereocenters. The molecule has 0 aliphatic rings. The van der Waals surface area contributed by atoms with Gasteiger partial charge in [-0.3, -0.25) is 0 Å². The van der Waals surface area contributed by atoms with Gasteiger partial charge in [-0.05, 0) is 12.8 Å². The van der Waals surface area contributed by atoms with E-state index in [4.69, 9.17) is 23.2 Å². The van der Waals surface area contributed by atoms with Gasteiger partial charge >= 0.3 is 0 Å². The van der Waals surface area contributed by atoms with Crippen LogP contribution in [0, 0.1) is 0 Å². The molecule has 0 spiro atoms. The molecule has 0 heterocycles. The van der Waals surface area contributed by atoms with E-state index in [2.05, 4.69) is 0 Å². The largest absolute Gasteiger partial charge is 0.133 e. The molecule has 0 aliphatic carbocycles. The van der Waals surface area contributed by atoms with Crippen LogP contribution in [0.4, 0.5) is 0 Å². The summed E-state index contributed by atoms with van der Waals surface area (Å²) in [6.45, 7) is 0. The van der Waals surface area contributed by atoms with Gasteiger partial charge in [0.25, 0.3) is 0 Å². The molecule has 0 nitrogen and oxygen atoms in total. The van der Waals surface area contributed by atoms with E-state index in [0.29, 0.717) is 5.28 Å². The molecule has 0 fully saturated rings. The molecule has 8 heavy (non-hydrogen) atoms. The molecule has 0 saturated heterocycles. The fourth-order valence-electron chi connectivity index (χ4n) is 0.520. The van der Waals surface area contributed by atoms with Crippen LogP contribution >= 0.6 is 23.2 Å². The van der Waals surface area contributed by atoms with Crippen molar-refractivity contribution in [2.75, 3.05) is 5.88 Å². The van der Waals surface area contributed by atoms with Gasteiger partial charge in [0, 0.05) is 11.2 Å².